The minimum absolute atomic E-state index is 0.0355. The van der Waals surface area contributed by atoms with Gasteiger partial charge in [0.15, 0.2) is 18.1 Å². The Hall–Kier alpha value is -7.28. The molecule has 1 unspecified atom stereocenters. The third-order valence-corrected chi connectivity index (χ3v) is 12.1. The van der Waals surface area contributed by atoms with Crippen molar-refractivity contribution in [3.63, 3.8) is 0 Å². The molecule has 6 heterocycles. The molecule has 0 spiro atoms. The zero-order valence-corrected chi connectivity index (χ0v) is 35.2. The molecule has 19 nitrogen and oxygen atoms in total. The standard InChI is InChI=1S/C45H47N11O8/c1-27-4-2-5-35(50-27)42(59)51-29-20-30(21-29)55-26-49-39-40(47-25-48-41(39)55)46-23-28-6-8-31(9-7-28)63-19-3-14-53-15-17-54(18-16-53)38(58)24-64-32-10-11-33-34(22-32)45(62)56(44(33)61)36-12-13-37(57)52-43(36)60/h2,4-11,22,25-26,29-30,36H,3,12-21,23-24H2,1H3,(H,51,59)(H,46,47,48)(H,52,57,60). The summed E-state index contributed by atoms with van der Waals surface area (Å²) in [5.74, 6) is -1.02. The number of aromatic nitrogens is 5. The van der Waals surface area contributed by atoms with E-state index in [9.17, 15) is 28.8 Å². The summed E-state index contributed by atoms with van der Waals surface area (Å²) in [5.41, 5.74) is 3.95. The average Bonchev–Trinajstić information content (AvgIpc) is 3.82. The van der Waals surface area contributed by atoms with Gasteiger partial charge in [-0.15, -0.1) is 0 Å². The second-order valence-electron chi connectivity index (χ2n) is 16.4. The van der Waals surface area contributed by atoms with Crippen LogP contribution in [-0.2, 0) is 20.9 Å². The lowest BCUT2D eigenvalue weighted by molar-refractivity contribution is -0.136. The number of hydrogen-bond acceptors (Lipinski definition) is 14. The molecule has 4 aliphatic rings. The summed E-state index contributed by atoms with van der Waals surface area (Å²) in [6, 6.07) is 16.9. The number of hydrogen-bond donors (Lipinski definition) is 3. The number of piperidine rings is 1. The zero-order valence-electron chi connectivity index (χ0n) is 35.2. The molecule has 9 rings (SSSR count). The highest BCUT2D eigenvalue weighted by Crippen LogP contribution is 2.35. The predicted molar refractivity (Wildman–Crippen MR) is 229 cm³/mol. The van der Waals surface area contributed by atoms with Gasteiger partial charge in [-0.1, -0.05) is 18.2 Å². The maximum Gasteiger partial charge on any atom is 0.270 e. The highest BCUT2D eigenvalue weighted by molar-refractivity contribution is 6.23. The molecule has 1 atom stereocenters. The van der Waals surface area contributed by atoms with Crippen molar-refractivity contribution < 1.29 is 38.2 Å². The SMILES string of the molecule is Cc1cccc(C(=O)NC2CC(n3cnc4c(NCc5ccc(OCCCN6CCN(C(=O)COc7ccc8c(c7)C(=O)N(C7CCC(=O)NC7=O)C8=O)CC6)cc5)ncnc43)C2)n1. The van der Waals surface area contributed by atoms with Gasteiger partial charge in [-0.05, 0) is 80.6 Å². The van der Waals surface area contributed by atoms with Crippen LogP contribution < -0.4 is 25.4 Å². The van der Waals surface area contributed by atoms with Gasteiger partial charge in [0.25, 0.3) is 23.6 Å². The molecule has 0 radical (unpaired) electrons. The van der Waals surface area contributed by atoms with Crippen LogP contribution in [0.25, 0.3) is 11.2 Å². The molecule has 5 aromatic rings. The van der Waals surface area contributed by atoms with Gasteiger partial charge in [-0.2, -0.15) is 0 Å². The highest BCUT2D eigenvalue weighted by atomic mass is 16.5. The maximum atomic E-state index is 13.1. The molecule has 1 saturated carbocycles. The van der Waals surface area contributed by atoms with Crippen LogP contribution in [0.3, 0.4) is 0 Å². The summed E-state index contributed by atoms with van der Waals surface area (Å²) in [4.78, 5) is 98.5. The molecule has 3 N–H and O–H groups in total. The first-order chi connectivity index (χ1) is 31.1. The van der Waals surface area contributed by atoms with Crippen molar-refractivity contribution in [1.82, 2.24) is 49.8 Å². The highest BCUT2D eigenvalue weighted by Gasteiger charge is 2.45. The smallest absolute Gasteiger partial charge is 0.270 e. The number of nitrogens with one attached hydrogen (secondary N) is 3. The number of nitrogens with zero attached hydrogens (tertiary/aromatic N) is 8. The molecular weight excluding hydrogens is 823 g/mol. The number of pyridine rings is 1. The summed E-state index contributed by atoms with van der Waals surface area (Å²) in [6.45, 7) is 6.07. The van der Waals surface area contributed by atoms with Crippen molar-refractivity contribution in [3.8, 4) is 11.5 Å². The molecule has 330 valence electrons. The summed E-state index contributed by atoms with van der Waals surface area (Å²) in [7, 11) is 0. The number of fused-ring (bicyclic) bond motifs is 2. The summed E-state index contributed by atoms with van der Waals surface area (Å²) in [6.07, 6.45) is 5.80. The fourth-order valence-corrected chi connectivity index (χ4v) is 8.47. The third kappa shape index (κ3) is 8.96. The fourth-order valence-electron chi connectivity index (χ4n) is 8.47. The Morgan fingerprint density at radius 1 is 0.875 bits per heavy atom. The Morgan fingerprint density at radius 3 is 2.44 bits per heavy atom. The van der Waals surface area contributed by atoms with E-state index in [1.807, 2.05) is 43.3 Å². The predicted octanol–water partition coefficient (Wildman–Crippen LogP) is 2.67. The van der Waals surface area contributed by atoms with E-state index in [1.54, 1.807) is 17.3 Å². The number of anilines is 1. The van der Waals surface area contributed by atoms with E-state index in [1.165, 1.54) is 24.5 Å². The van der Waals surface area contributed by atoms with E-state index in [0.717, 1.165) is 53.4 Å². The van der Waals surface area contributed by atoms with E-state index in [4.69, 9.17) is 9.47 Å². The van der Waals surface area contributed by atoms with Crippen LogP contribution in [0.1, 0.15) is 80.6 Å². The van der Waals surface area contributed by atoms with Crippen LogP contribution >= 0.6 is 0 Å². The topological polar surface area (TPSA) is 223 Å². The number of carbonyl (C=O) groups excluding carboxylic acids is 6. The first kappa shape index (κ1) is 42.0. The Labute approximate surface area is 367 Å². The van der Waals surface area contributed by atoms with Gasteiger partial charge in [-0.25, -0.2) is 19.9 Å². The molecule has 64 heavy (non-hydrogen) atoms. The number of carbonyl (C=O) groups is 6. The average molecular weight is 870 g/mol. The molecule has 2 aromatic carbocycles. The largest absolute Gasteiger partial charge is 0.494 e. The minimum atomic E-state index is -1.06. The zero-order chi connectivity index (χ0) is 44.3. The third-order valence-electron chi connectivity index (χ3n) is 12.1. The van der Waals surface area contributed by atoms with E-state index < -0.39 is 29.7 Å². The van der Waals surface area contributed by atoms with Crippen LogP contribution in [0, 0.1) is 6.92 Å². The normalized spacial score (nSPS) is 19.9. The summed E-state index contributed by atoms with van der Waals surface area (Å²) < 4.78 is 13.8. The molecule has 3 fully saturated rings. The first-order valence-electron chi connectivity index (χ1n) is 21.4. The summed E-state index contributed by atoms with van der Waals surface area (Å²) in [5, 5.41) is 8.66. The summed E-state index contributed by atoms with van der Waals surface area (Å²) >= 11 is 0. The molecule has 1 aliphatic carbocycles. The number of imidazole rings is 1. The van der Waals surface area contributed by atoms with Crippen molar-refractivity contribution >= 4 is 52.4 Å². The van der Waals surface area contributed by atoms with Crippen LogP contribution in [-0.4, -0.2) is 133 Å². The van der Waals surface area contributed by atoms with Crippen molar-refractivity contribution in [2.24, 2.45) is 0 Å². The number of piperazine rings is 1. The lowest BCUT2D eigenvalue weighted by Gasteiger charge is -2.36. The van der Waals surface area contributed by atoms with E-state index in [2.05, 4.69) is 45.4 Å². The maximum absolute atomic E-state index is 13.1. The lowest BCUT2D eigenvalue weighted by atomic mass is 9.86. The molecular formula is C45H47N11O8. The van der Waals surface area contributed by atoms with Gasteiger partial charge >= 0.3 is 0 Å². The van der Waals surface area contributed by atoms with E-state index in [-0.39, 0.29) is 60.2 Å². The van der Waals surface area contributed by atoms with Gasteiger partial charge < -0.3 is 29.6 Å². The Balaban J connectivity index is 0.664. The molecule has 19 heteroatoms. The Morgan fingerprint density at radius 2 is 1.66 bits per heavy atom. The minimum Gasteiger partial charge on any atom is -0.494 e. The fraction of sp³-hybridized carbons (Fsp3) is 0.378. The molecule has 2 saturated heterocycles. The number of amides is 6. The Kier molecular flexibility index (Phi) is 12.0. The number of benzene rings is 2. The van der Waals surface area contributed by atoms with E-state index >= 15 is 0 Å². The molecule has 6 amide bonds. The van der Waals surface area contributed by atoms with Crippen molar-refractivity contribution in [1.29, 1.82) is 0 Å². The van der Waals surface area contributed by atoms with Crippen molar-refractivity contribution in [3.05, 3.63) is 101 Å². The van der Waals surface area contributed by atoms with Gasteiger partial charge in [0.2, 0.25) is 11.8 Å². The monoisotopic (exact) mass is 869 g/mol. The van der Waals surface area contributed by atoms with Crippen LogP contribution in [0.15, 0.2) is 73.3 Å². The molecule has 3 aromatic heterocycles. The van der Waals surface area contributed by atoms with Crippen LogP contribution in [0.2, 0.25) is 0 Å². The number of ether oxygens (including phenoxy) is 2. The van der Waals surface area contributed by atoms with Gasteiger partial charge in [0.1, 0.15) is 35.1 Å². The van der Waals surface area contributed by atoms with Crippen LogP contribution in [0.4, 0.5) is 5.82 Å². The van der Waals surface area contributed by atoms with Crippen LogP contribution in [0.5, 0.6) is 11.5 Å². The number of imide groups is 2. The van der Waals surface area contributed by atoms with Gasteiger partial charge in [0.05, 0.1) is 24.1 Å². The second kappa shape index (κ2) is 18.2. The lowest BCUT2D eigenvalue weighted by Crippen LogP contribution is -2.54. The number of rotatable bonds is 15. The van der Waals surface area contributed by atoms with E-state index in [0.29, 0.717) is 56.4 Å². The quantitative estimate of drug-likeness (QED) is 0.102. The van der Waals surface area contributed by atoms with Crippen molar-refractivity contribution in [2.45, 2.75) is 63.7 Å². The van der Waals surface area contributed by atoms with Crippen molar-refractivity contribution in [2.75, 3.05) is 51.3 Å². The van der Waals surface area contributed by atoms with Gasteiger partial charge in [0, 0.05) is 63.5 Å². The van der Waals surface area contributed by atoms with Gasteiger partial charge in [-0.3, -0.25) is 43.9 Å². The second-order valence-corrected chi connectivity index (χ2v) is 16.4. The Bertz CT molecular complexity index is 2620. The first-order valence-corrected chi connectivity index (χ1v) is 21.4. The number of aryl methyl sites for hydroxylation is 1. The molecule has 0 bridgehead atoms. The molecule has 3 aliphatic heterocycles.